The third kappa shape index (κ3) is 4.66. The number of nitriles is 1. The number of nitrogens with zero attached hydrogens (tertiary/aromatic N) is 4. The lowest BCUT2D eigenvalue weighted by Gasteiger charge is -2.24. The van der Waals surface area contributed by atoms with E-state index in [-0.39, 0.29) is 35.1 Å². The maximum absolute atomic E-state index is 13.8. The molecule has 2 saturated heterocycles. The fourth-order valence-electron chi connectivity index (χ4n) is 4.71. The Morgan fingerprint density at radius 2 is 2.14 bits per heavy atom. The number of piperidine rings is 1. The first kappa shape index (κ1) is 23.1. The lowest BCUT2D eigenvalue weighted by Crippen LogP contribution is -2.38. The number of hydrogen-bond acceptors (Lipinski definition) is 6. The zero-order valence-corrected chi connectivity index (χ0v) is 18.8. The summed E-state index contributed by atoms with van der Waals surface area (Å²) in [6, 6.07) is 7.08. The molecule has 2 aliphatic rings. The van der Waals surface area contributed by atoms with Crippen molar-refractivity contribution in [3.8, 4) is 17.3 Å². The fraction of sp³-hybridized carbons (Fsp3) is 0.417. The summed E-state index contributed by atoms with van der Waals surface area (Å²) in [5, 5.41) is 16.0. The Labute approximate surface area is 199 Å². The number of hydrogen-bond donors (Lipinski definition) is 3. The minimum atomic E-state index is -4.63. The van der Waals surface area contributed by atoms with Crippen molar-refractivity contribution in [3.63, 3.8) is 0 Å². The van der Waals surface area contributed by atoms with Crippen molar-refractivity contribution in [1.29, 1.82) is 5.26 Å². The summed E-state index contributed by atoms with van der Waals surface area (Å²) in [6.45, 7) is 2.49. The molecule has 4 heterocycles. The van der Waals surface area contributed by atoms with Crippen molar-refractivity contribution in [3.05, 3.63) is 41.7 Å². The van der Waals surface area contributed by atoms with E-state index in [1.807, 2.05) is 0 Å². The number of nitrogens with one attached hydrogen (secondary N) is 3. The Morgan fingerprint density at radius 1 is 1.29 bits per heavy atom. The summed E-state index contributed by atoms with van der Waals surface area (Å²) in [4.78, 5) is 25.7. The minimum absolute atomic E-state index is 0.0381. The van der Waals surface area contributed by atoms with Crippen LogP contribution in [0.3, 0.4) is 0 Å². The highest BCUT2D eigenvalue weighted by Crippen LogP contribution is 2.39. The van der Waals surface area contributed by atoms with Gasteiger partial charge in [-0.25, -0.2) is 9.97 Å². The van der Waals surface area contributed by atoms with Crippen LogP contribution in [0, 0.1) is 17.2 Å². The number of aromatic nitrogens is 3. The third-order valence-electron chi connectivity index (χ3n) is 6.57. The normalized spacial score (nSPS) is 20.7. The van der Waals surface area contributed by atoms with E-state index in [1.54, 1.807) is 23.1 Å². The van der Waals surface area contributed by atoms with Crippen molar-refractivity contribution < 1.29 is 18.0 Å². The van der Waals surface area contributed by atoms with E-state index < -0.39 is 11.7 Å². The molecule has 35 heavy (non-hydrogen) atoms. The molecule has 8 nitrogen and oxygen atoms in total. The highest BCUT2D eigenvalue weighted by atomic mass is 19.4. The first-order valence-electron chi connectivity index (χ1n) is 11.6. The number of benzene rings is 1. The number of amides is 1. The second-order valence-corrected chi connectivity index (χ2v) is 8.97. The van der Waals surface area contributed by atoms with E-state index in [4.69, 9.17) is 5.26 Å². The predicted octanol–water partition coefficient (Wildman–Crippen LogP) is 3.79. The van der Waals surface area contributed by atoms with Crippen LogP contribution in [0.1, 0.15) is 35.2 Å². The zero-order chi connectivity index (χ0) is 24.6. The Balaban J connectivity index is 1.48. The van der Waals surface area contributed by atoms with Crippen molar-refractivity contribution in [2.45, 2.75) is 31.5 Å². The first-order chi connectivity index (χ1) is 16.8. The highest BCUT2D eigenvalue weighted by molar-refractivity contribution is 6.02. The molecule has 11 heteroatoms. The van der Waals surface area contributed by atoms with Crippen molar-refractivity contribution in [2.24, 2.45) is 5.92 Å². The van der Waals surface area contributed by atoms with E-state index in [2.05, 4.69) is 31.7 Å². The quantitative estimate of drug-likeness (QED) is 0.521. The molecular weight excluding hydrogens is 459 g/mol. The fourth-order valence-corrected chi connectivity index (χ4v) is 4.71. The molecule has 0 radical (unpaired) electrons. The number of H-pyrrole nitrogens is 1. The Hall–Kier alpha value is -3.65. The van der Waals surface area contributed by atoms with Crippen LogP contribution >= 0.6 is 0 Å². The smallest absolute Gasteiger partial charge is 0.360 e. The minimum Gasteiger partial charge on any atom is -0.360 e. The topological polar surface area (TPSA) is 110 Å². The Kier molecular flexibility index (Phi) is 6.06. The van der Waals surface area contributed by atoms with Gasteiger partial charge in [0.25, 0.3) is 5.91 Å². The van der Waals surface area contributed by atoms with E-state index in [9.17, 15) is 18.0 Å². The number of anilines is 1. The second kappa shape index (κ2) is 9.19. The summed E-state index contributed by atoms with van der Waals surface area (Å²) >= 11 is 0. The lowest BCUT2D eigenvalue weighted by molar-refractivity contribution is -0.137. The van der Waals surface area contributed by atoms with E-state index >= 15 is 0 Å². The number of carbonyl (C=O) groups is 1. The number of alkyl halides is 3. The Bertz CT molecular complexity index is 1290. The molecule has 1 aromatic carbocycles. The molecule has 3 aromatic rings. The van der Waals surface area contributed by atoms with Crippen LogP contribution in [0.25, 0.3) is 22.2 Å². The zero-order valence-electron chi connectivity index (χ0n) is 18.8. The maximum Gasteiger partial charge on any atom is 0.419 e. The molecule has 5 rings (SSSR count). The molecular formula is C24H24F3N7O. The third-order valence-corrected chi connectivity index (χ3v) is 6.57. The number of likely N-dealkylation sites (tertiary alicyclic amines) is 1. The molecule has 182 valence electrons. The predicted molar refractivity (Wildman–Crippen MR) is 123 cm³/mol. The van der Waals surface area contributed by atoms with Crippen molar-refractivity contribution >= 4 is 22.8 Å². The van der Waals surface area contributed by atoms with Gasteiger partial charge >= 0.3 is 6.18 Å². The number of halogens is 3. The van der Waals surface area contributed by atoms with Crippen LogP contribution in [-0.2, 0) is 6.18 Å². The number of fused-ring (bicyclic) bond motifs is 1. The first-order valence-corrected chi connectivity index (χ1v) is 11.6. The van der Waals surface area contributed by atoms with Gasteiger partial charge in [0.2, 0.25) is 5.95 Å². The monoisotopic (exact) mass is 483 g/mol. The summed E-state index contributed by atoms with van der Waals surface area (Å²) in [6.07, 6.45) is 0.137. The molecule has 0 aliphatic carbocycles. The van der Waals surface area contributed by atoms with Gasteiger partial charge in [-0.05, 0) is 37.9 Å². The molecule has 0 saturated carbocycles. The summed E-state index contributed by atoms with van der Waals surface area (Å²) in [5.74, 6) is -0.235. The van der Waals surface area contributed by atoms with Crippen LogP contribution < -0.4 is 10.6 Å². The standard InChI is InChI=1S/C24H24F3N7O/c25-24(26,27)19-12-31-23(32-16-2-1-6-29-10-16)33-21(19)18-11-30-20-8-15(3-4-17(18)20)22(35)34-7-5-14(9-28)13-34/h3-4,8,11-12,14,16,29-30H,1-2,5-7,10,13H2,(H,31,32,33)/t14-,16-/m0/s1. The van der Waals surface area contributed by atoms with E-state index in [0.29, 0.717) is 42.5 Å². The average Bonchev–Trinajstić information content (AvgIpc) is 3.50. The SMILES string of the molecule is N#C[C@@H]1CCN(C(=O)c2ccc3c(-c4nc(N[C@H]5CCCNC5)ncc4C(F)(F)F)c[nH]c3c2)C1. The van der Waals surface area contributed by atoms with Crippen LogP contribution in [0.5, 0.6) is 0 Å². The largest absolute Gasteiger partial charge is 0.419 e. The van der Waals surface area contributed by atoms with E-state index in [0.717, 1.165) is 25.6 Å². The Morgan fingerprint density at radius 3 is 2.86 bits per heavy atom. The van der Waals surface area contributed by atoms with Crippen LogP contribution in [-0.4, -0.2) is 58.0 Å². The van der Waals surface area contributed by atoms with Crippen LogP contribution in [0.15, 0.2) is 30.6 Å². The molecule has 3 N–H and O–H groups in total. The molecule has 2 fully saturated rings. The molecule has 2 aliphatic heterocycles. The molecule has 0 spiro atoms. The highest BCUT2D eigenvalue weighted by Gasteiger charge is 2.36. The van der Waals surface area contributed by atoms with Gasteiger partial charge in [0.05, 0.1) is 17.7 Å². The van der Waals surface area contributed by atoms with Crippen LogP contribution in [0.2, 0.25) is 0 Å². The van der Waals surface area contributed by atoms with Gasteiger partial charge in [-0.2, -0.15) is 18.4 Å². The van der Waals surface area contributed by atoms with Gasteiger partial charge in [0, 0.05) is 60.1 Å². The summed E-state index contributed by atoms with van der Waals surface area (Å²) < 4.78 is 41.5. The van der Waals surface area contributed by atoms with Gasteiger partial charge in [-0.3, -0.25) is 4.79 Å². The maximum atomic E-state index is 13.8. The lowest BCUT2D eigenvalue weighted by atomic mass is 10.0. The van der Waals surface area contributed by atoms with Crippen molar-refractivity contribution in [1.82, 2.24) is 25.2 Å². The van der Waals surface area contributed by atoms with Gasteiger partial charge in [-0.15, -0.1) is 0 Å². The van der Waals surface area contributed by atoms with Crippen molar-refractivity contribution in [2.75, 3.05) is 31.5 Å². The summed E-state index contributed by atoms with van der Waals surface area (Å²) in [7, 11) is 0. The van der Waals surface area contributed by atoms with Gasteiger partial charge in [-0.1, -0.05) is 6.07 Å². The number of aromatic amines is 1. The van der Waals surface area contributed by atoms with E-state index in [1.165, 1.54) is 6.20 Å². The van der Waals surface area contributed by atoms with Gasteiger partial charge in [0.1, 0.15) is 5.56 Å². The molecule has 1 amide bonds. The molecule has 2 aromatic heterocycles. The molecule has 0 unspecified atom stereocenters. The number of carbonyl (C=O) groups excluding carboxylic acids is 1. The van der Waals surface area contributed by atoms with Gasteiger partial charge < -0.3 is 20.5 Å². The van der Waals surface area contributed by atoms with Crippen LogP contribution in [0.4, 0.5) is 19.1 Å². The molecule has 2 atom stereocenters. The summed E-state index contributed by atoms with van der Waals surface area (Å²) in [5.41, 5.74) is 0.0743. The number of rotatable bonds is 4. The molecule has 0 bridgehead atoms. The van der Waals surface area contributed by atoms with Gasteiger partial charge in [0.15, 0.2) is 0 Å². The average molecular weight is 483 g/mol. The second-order valence-electron chi connectivity index (χ2n) is 8.97.